The Balaban J connectivity index is 2.02. The van der Waals surface area contributed by atoms with Gasteiger partial charge in [-0.15, -0.1) is 0 Å². The number of halogens is 1. The quantitative estimate of drug-likeness (QED) is 0.712. The molecule has 6 nitrogen and oxygen atoms in total. The van der Waals surface area contributed by atoms with E-state index in [4.69, 9.17) is 0 Å². The molecule has 0 spiro atoms. The van der Waals surface area contributed by atoms with Crippen LogP contribution in [-0.2, 0) is 26.5 Å². The third-order valence-corrected chi connectivity index (χ3v) is 8.97. The number of hydrogen-bond acceptors (Lipinski definition) is 4. The molecule has 152 valence electrons. The molecule has 0 N–H and O–H groups in total. The van der Waals surface area contributed by atoms with Crippen molar-refractivity contribution in [3.63, 3.8) is 0 Å². The lowest BCUT2D eigenvalue weighted by Crippen LogP contribution is -2.31. The molecule has 28 heavy (non-hydrogen) atoms. The van der Waals surface area contributed by atoms with Crippen LogP contribution in [0, 0.1) is 12.7 Å². The molecule has 0 radical (unpaired) electrons. The van der Waals surface area contributed by atoms with Gasteiger partial charge in [0, 0.05) is 19.6 Å². The standard InChI is InChI=1S/C19H23FN2O4S2/c1-4-21(5-2)27(23,24)17-7-8-18-15(13-17)10-11-22(18)28(25,26)19-9-6-16(20)12-14(19)3/h6-9,12-13H,4-5,10-11H2,1-3H3. The summed E-state index contributed by atoms with van der Waals surface area (Å²) in [7, 11) is -7.48. The van der Waals surface area contributed by atoms with E-state index in [-0.39, 0.29) is 16.3 Å². The van der Waals surface area contributed by atoms with Crippen LogP contribution in [0.15, 0.2) is 46.2 Å². The molecule has 0 bridgehead atoms. The number of hydrogen-bond donors (Lipinski definition) is 0. The van der Waals surface area contributed by atoms with Gasteiger partial charge in [0.1, 0.15) is 5.82 Å². The van der Waals surface area contributed by atoms with E-state index >= 15 is 0 Å². The van der Waals surface area contributed by atoms with E-state index in [0.717, 1.165) is 6.07 Å². The highest BCUT2D eigenvalue weighted by molar-refractivity contribution is 7.93. The number of anilines is 1. The van der Waals surface area contributed by atoms with Crippen molar-refractivity contribution in [3.05, 3.63) is 53.3 Å². The summed E-state index contributed by atoms with van der Waals surface area (Å²) in [5.41, 5.74) is 1.45. The monoisotopic (exact) mass is 426 g/mol. The molecule has 0 unspecified atom stereocenters. The summed E-state index contributed by atoms with van der Waals surface area (Å²) in [5.74, 6) is -0.496. The predicted molar refractivity (Wildman–Crippen MR) is 106 cm³/mol. The number of benzene rings is 2. The Kier molecular flexibility index (Phi) is 5.53. The van der Waals surface area contributed by atoms with E-state index in [9.17, 15) is 21.2 Å². The zero-order valence-electron chi connectivity index (χ0n) is 16.0. The average molecular weight is 427 g/mol. The molecule has 0 saturated carbocycles. The van der Waals surface area contributed by atoms with Crippen LogP contribution < -0.4 is 4.31 Å². The topological polar surface area (TPSA) is 74.8 Å². The summed E-state index contributed by atoms with van der Waals surface area (Å²) >= 11 is 0. The highest BCUT2D eigenvalue weighted by Crippen LogP contribution is 2.35. The summed E-state index contributed by atoms with van der Waals surface area (Å²) in [6.45, 7) is 6.03. The predicted octanol–water partition coefficient (Wildman–Crippen LogP) is 2.92. The van der Waals surface area contributed by atoms with Crippen LogP contribution >= 0.6 is 0 Å². The number of sulfonamides is 2. The minimum Gasteiger partial charge on any atom is -0.266 e. The Labute approximate surface area is 165 Å². The second-order valence-electron chi connectivity index (χ2n) is 6.62. The summed E-state index contributed by atoms with van der Waals surface area (Å²) in [6.07, 6.45) is 0.413. The molecule has 1 aliphatic rings. The summed E-state index contributed by atoms with van der Waals surface area (Å²) in [4.78, 5) is 0.203. The number of rotatable bonds is 6. The van der Waals surface area contributed by atoms with E-state index < -0.39 is 25.9 Å². The average Bonchev–Trinajstić information content (AvgIpc) is 3.06. The maximum absolute atomic E-state index is 13.4. The van der Waals surface area contributed by atoms with Gasteiger partial charge in [-0.25, -0.2) is 21.2 Å². The maximum atomic E-state index is 13.4. The van der Waals surface area contributed by atoms with Crippen molar-refractivity contribution in [3.8, 4) is 0 Å². The van der Waals surface area contributed by atoms with Crippen molar-refractivity contribution >= 4 is 25.7 Å². The second kappa shape index (κ2) is 7.46. The number of aryl methyl sites for hydroxylation is 1. The van der Waals surface area contributed by atoms with Crippen molar-refractivity contribution in [1.82, 2.24) is 4.31 Å². The first kappa shape index (κ1) is 20.8. The fraction of sp³-hybridized carbons (Fsp3) is 0.368. The third kappa shape index (κ3) is 3.42. The van der Waals surface area contributed by atoms with Crippen molar-refractivity contribution in [2.24, 2.45) is 0 Å². The van der Waals surface area contributed by atoms with Crippen LogP contribution in [0.4, 0.5) is 10.1 Å². The smallest absolute Gasteiger partial charge is 0.264 e. The molecule has 1 aliphatic heterocycles. The van der Waals surface area contributed by atoms with Gasteiger partial charge in [-0.1, -0.05) is 13.8 Å². The molecular formula is C19H23FN2O4S2. The zero-order valence-corrected chi connectivity index (χ0v) is 17.6. The van der Waals surface area contributed by atoms with Crippen LogP contribution in [0.5, 0.6) is 0 Å². The van der Waals surface area contributed by atoms with Crippen molar-refractivity contribution < 1.29 is 21.2 Å². The van der Waals surface area contributed by atoms with Crippen molar-refractivity contribution in [2.75, 3.05) is 23.9 Å². The van der Waals surface area contributed by atoms with E-state index in [2.05, 4.69) is 0 Å². The summed E-state index contributed by atoms with van der Waals surface area (Å²) < 4.78 is 67.6. The van der Waals surface area contributed by atoms with E-state index in [1.54, 1.807) is 26.8 Å². The van der Waals surface area contributed by atoms with Gasteiger partial charge >= 0.3 is 0 Å². The fourth-order valence-corrected chi connectivity index (χ4v) is 6.71. The fourth-order valence-electron chi connectivity index (χ4n) is 3.49. The van der Waals surface area contributed by atoms with Crippen molar-refractivity contribution in [2.45, 2.75) is 37.0 Å². The van der Waals surface area contributed by atoms with Gasteiger partial charge in [0.05, 0.1) is 15.5 Å². The Morgan fingerprint density at radius 1 is 1.04 bits per heavy atom. The minimum atomic E-state index is -3.87. The van der Waals surface area contributed by atoms with E-state index in [0.29, 0.717) is 36.3 Å². The molecule has 2 aromatic carbocycles. The highest BCUT2D eigenvalue weighted by atomic mass is 32.2. The Hall–Kier alpha value is -1.97. The van der Waals surface area contributed by atoms with E-state index in [1.165, 1.54) is 32.9 Å². The first-order valence-electron chi connectivity index (χ1n) is 9.05. The molecule has 9 heteroatoms. The van der Waals surface area contributed by atoms with Gasteiger partial charge < -0.3 is 0 Å². The number of nitrogens with zero attached hydrogens (tertiary/aromatic N) is 2. The molecule has 2 aromatic rings. The molecule has 0 aliphatic carbocycles. The van der Waals surface area contributed by atoms with Crippen LogP contribution in [0.1, 0.15) is 25.0 Å². The Morgan fingerprint density at radius 2 is 1.71 bits per heavy atom. The minimum absolute atomic E-state index is 0.0431. The molecule has 0 fully saturated rings. The molecule has 3 rings (SSSR count). The van der Waals surface area contributed by atoms with Crippen LogP contribution in [-0.4, -0.2) is 40.8 Å². The van der Waals surface area contributed by atoms with Crippen LogP contribution in [0.25, 0.3) is 0 Å². The van der Waals surface area contributed by atoms with Gasteiger partial charge in [0.25, 0.3) is 10.0 Å². The maximum Gasteiger partial charge on any atom is 0.264 e. The Morgan fingerprint density at radius 3 is 2.32 bits per heavy atom. The molecule has 0 amide bonds. The summed E-state index contributed by atoms with van der Waals surface area (Å²) in [5, 5.41) is 0. The SMILES string of the molecule is CCN(CC)S(=O)(=O)c1ccc2c(c1)CCN2S(=O)(=O)c1ccc(F)cc1C. The van der Waals surface area contributed by atoms with Gasteiger partial charge in [0.15, 0.2) is 0 Å². The van der Waals surface area contributed by atoms with Gasteiger partial charge in [-0.3, -0.25) is 4.31 Å². The highest BCUT2D eigenvalue weighted by Gasteiger charge is 2.33. The second-order valence-corrected chi connectivity index (χ2v) is 10.4. The Bertz CT molecular complexity index is 1110. The molecule has 1 heterocycles. The largest absolute Gasteiger partial charge is 0.266 e. The first-order chi connectivity index (χ1) is 13.1. The molecule has 0 atom stereocenters. The van der Waals surface area contributed by atoms with Gasteiger partial charge in [-0.05, 0) is 60.9 Å². The van der Waals surface area contributed by atoms with Crippen molar-refractivity contribution in [1.29, 1.82) is 0 Å². The molecular weight excluding hydrogens is 403 g/mol. The van der Waals surface area contributed by atoms with Crippen LogP contribution in [0.3, 0.4) is 0 Å². The van der Waals surface area contributed by atoms with Gasteiger partial charge in [0.2, 0.25) is 10.0 Å². The normalized spacial score (nSPS) is 14.5. The molecule has 0 saturated heterocycles. The molecule has 0 aromatic heterocycles. The lowest BCUT2D eigenvalue weighted by molar-refractivity contribution is 0.445. The first-order valence-corrected chi connectivity index (χ1v) is 11.9. The van der Waals surface area contributed by atoms with Crippen LogP contribution in [0.2, 0.25) is 0 Å². The lowest BCUT2D eigenvalue weighted by atomic mass is 10.2. The third-order valence-electron chi connectivity index (χ3n) is 4.95. The van der Waals surface area contributed by atoms with E-state index in [1.807, 2.05) is 0 Å². The zero-order chi connectivity index (χ0) is 20.7. The summed E-state index contributed by atoms with van der Waals surface area (Å²) in [6, 6.07) is 8.10. The lowest BCUT2D eigenvalue weighted by Gasteiger charge is -2.22. The van der Waals surface area contributed by atoms with Gasteiger partial charge in [-0.2, -0.15) is 4.31 Å². The number of fused-ring (bicyclic) bond motifs is 1.